The first-order valence-corrected chi connectivity index (χ1v) is 4.58. The highest BCUT2D eigenvalue weighted by atomic mass is 16.5. The fourth-order valence-electron chi connectivity index (χ4n) is 0. The number of methoxy groups -OCH3 is 1. The molecule has 0 heterocycles. The summed E-state index contributed by atoms with van der Waals surface area (Å²) in [5.74, 6) is 0.255. The first-order chi connectivity index (χ1) is 5.60. The molecule has 0 fully saturated rings. The van der Waals surface area contributed by atoms with Crippen molar-refractivity contribution in [3.8, 4) is 0 Å². The molecule has 0 atom stereocenters. The summed E-state index contributed by atoms with van der Waals surface area (Å²) in [7, 11) is 1.68. The minimum atomic E-state index is 0.255. The fourth-order valence-corrected chi connectivity index (χ4v) is 0. The number of hydrogen-bond donors (Lipinski definition) is 0. The van der Waals surface area contributed by atoms with E-state index in [0.717, 1.165) is 6.61 Å². The van der Waals surface area contributed by atoms with Crippen molar-refractivity contribution in [2.24, 2.45) is 0 Å². The minimum Gasteiger partial charge on any atom is -0.385 e. The van der Waals surface area contributed by atoms with Gasteiger partial charge < -0.3 is 9.53 Å². The van der Waals surface area contributed by atoms with E-state index in [1.165, 1.54) is 6.42 Å². The summed E-state index contributed by atoms with van der Waals surface area (Å²) in [4.78, 5) is 9.81. The van der Waals surface area contributed by atoms with Crippen LogP contribution in [0.2, 0.25) is 0 Å². The molecule has 0 saturated heterocycles. The van der Waals surface area contributed by atoms with E-state index in [2.05, 4.69) is 18.6 Å². The number of ketones is 1. The van der Waals surface area contributed by atoms with Crippen molar-refractivity contribution in [1.29, 1.82) is 0 Å². The predicted octanol–water partition coefficient (Wildman–Crippen LogP) is 3.05. The molecule has 0 spiro atoms. The van der Waals surface area contributed by atoms with Gasteiger partial charge in [-0.15, -0.1) is 0 Å². The Hall–Kier alpha value is -0.370. The van der Waals surface area contributed by atoms with Crippen molar-refractivity contribution in [3.05, 3.63) is 0 Å². The van der Waals surface area contributed by atoms with Gasteiger partial charge >= 0.3 is 0 Å². The Morgan fingerprint density at radius 1 is 1.17 bits per heavy atom. The average molecular weight is 176 g/mol. The Bertz CT molecular complexity index is 68.2. The zero-order valence-electron chi connectivity index (χ0n) is 9.44. The van der Waals surface area contributed by atoms with Crippen molar-refractivity contribution < 1.29 is 9.53 Å². The van der Waals surface area contributed by atoms with Crippen molar-refractivity contribution in [2.75, 3.05) is 13.7 Å². The van der Waals surface area contributed by atoms with E-state index in [1.54, 1.807) is 14.0 Å². The van der Waals surface area contributed by atoms with E-state index in [1.807, 2.05) is 13.8 Å². The first-order valence-electron chi connectivity index (χ1n) is 4.58. The molecule has 0 rings (SSSR count). The standard InChI is InChI=1S/C4H8O.C3H8O.C3H8/c1-3-4(2)5;1-3-4-2;1-3-2/h3H2,1-2H3;3H2,1-2H3;3H2,1-2H3. The highest BCUT2D eigenvalue weighted by molar-refractivity contribution is 5.74. The van der Waals surface area contributed by atoms with Gasteiger partial charge in [-0.1, -0.05) is 27.2 Å². The largest absolute Gasteiger partial charge is 0.385 e. The minimum absolute atomic E-state index is 0.255. The zero-order chi connectivity index (χ0) is 10.4. The van der Waals surface area contributed by atoms with Gasteiger partial charge in [0.15, 0.2) is 0 Å². The molecule has 0 radical (unpaired) electrons. The van der Waals surface area contributed by atoms with Gasteiger partial charge in [0.25, 0.3) is 0 Å². The van der Waals surface area contributed by atoms with Crippen LogP contribution in [0.4, 0.5) is 0 Å². The molecular formula is C10H24O2. The average Bonchev–Trinajstić information content (AvgIpc) is 2.06. The predicted molar refractivity (Wildman–Crippen MR) is 54.5 cm³/mol. The molecule has 0 N–H and O–H groups in total. The number of carbonyl (C=O) groups excluding carboxylic acids is 1. The summed E-state index contributed by atoms with van der Waals surface area (Å²) in [6.45, 7) is 10.5. The number of Topliss-reactive ketones (excluding diaryl/α,β-unsaturated/α-hetero) is 1. The van der Waals surface area contributed by atoms with Gasteiger partial charge in [-0.05, 0) is 13.8 Å². The van der Waals surface area contributed by atoms with E-state index >= 15 is 0 Å². The number of ether oxygens (including phenoxy) is 1. The maximum Gasteiger partial charge on any atom is 0.129 e. The summed E-state index contributed by atoms with van der Waals surface area (Å²) in [6.07, 6.45) is 1.92. The van der Waals surface area contributed by atoms with Gasteiger partial charge in [0.05, 0.1) is 0 Å². The van der Waals surface area contributed by atoms with Crippen LogP contribution >= 0.6 is 0 Å². The second kappa shape index (κ2) is 22.4. The smallest absolute Gasteiger partial charge is 0.129 e. The van der Waals surface area contributed by atoms with E-state index in [-0.39, 0.29) is 5.78 Å². The molecule has 0 saturated carbocycles. The molecule has 0 aromatic rings. The fraction of sp³-hybridized carbons (Fsp3) is 0.900. The van der Waals surface area contributed by atoms with Crippen LogP contribution in [-0.2, 0) is 9.53 Å². The van der Waals surface area contributed by atoms with Crippen LogP contribution in [0.3, 0.4) is 0 Å². The molecule has 0 aromatic heterocycles. The topological polar surface area (TPSA) is 26.3 Å². The highest BCUT2D eigenvalue weighted by Crippen LogP contribution is 1.71. The lowest BCUT2D eigenvalue weighted by molar-refractivity contribution is -0.116. The molecule has 76 valence electrons. The third-order valence-corrected chi connectivity index (χ3v) is 0.787. The van der Waals surface area contributed by atoms with Gasteiger partial charge in [-0.3, -0.25) is 0 Å². The maximum atomic E-state index is 9.81. The van der Waals surface area contributed by atoms with E-state index in [0.29, 0.717) is 6.42 Å². The summed E-state index contributed by atoms with van der Waals surface area (Å²) < 4.78 is 4.54. The van der Waals surface area contributed by atoms with Crippen LogP contribution in [0.1, 0.15) is 47.5 Å². The first kappa shape index (κ1) is 17.6. The Morgan fingerprint density at radius 2 is 1.33 bits per heavy atom. The van der Waals surface area contributed by atoms with Crippen molar-refractivity contribution >= 4 is 5.78 Å². The van der Waals surface area contributed by atoms with E-state index in [4.69, 9.17) is 0 Å². The molecule has 0 aromatic carbocycles. The third kappa shape index (κ3) is 104. The van der Waals surface area contributed by atoms with Gasteiger partial charge in [0.1, 0.15) is 5.78 Å². The zero-order valence-corrected chi connectivity index (χ0v) is 9.44. The van der Waals surface area contributed by atoms with Gasteiger partial charge in [0.2, 0.25) is 0 Å². The summed E-state index contributed by atoms with van der Waals surface area (Å²) in [5.41, 5.74) is 0. The Labute approximate surface area is 77.3 Å². The molecule has 0 unspecified atom stereocenters. The van der Waals surface area contributed by atoms with Crippen LogP contribution in [0.5, 0.6) is 0 Å². The lowest BCUT2D eigenvalue weighted by Gasteiger charge is -1.76. The molecule has 0 aliphatic rings. The van der Waals surface area contributed by atoms with Crippen LogP contribution in [0.25, 0.3) is 0 Å². The van der Waals surface area contributed by atoms with Crippen LogP contribution in [-0.4, -0.2) is 19.5 Å². The van der Waals surface area contributed by atoms with Crippen molar-refractivity contribution in [1.82, 2.24) is 0 Å². The Balaban J connectivity index is -0.000000105. The molecule has 0 aliphatic carbocycles. The Kier molecular flexibility index (Phi) is 33.0. The van der Waals surface area contributed by atoms with E-state index < -0.39 is 0 Å². The summed E-state index contributed by atoms with van der Waals surface area (Å²) in [6, 6.07) is 0. The molecule has 2 nitrogen and oxygen atoms in total. The second-order valence-electron chi connectivity index (χ2n) is 2.34. The maximum absolute atomic E-state index is 9.81. The number of rotatable bonds is 2. The van der Waals surface area contributed by atoms with E-state index in [9.17, 15) is 4.79 Å². The third-order valence-electron chi connectivity index (χ3n) is 0.787. The Morgan fingerprint density at radius 3 is 1.33 bits per heavy atom. The SMILES string of the molecule is CCC.CCC(C)=O.CCOC. The molecule has 0 aliphatic heterocycles. The lowest BCUT2D eigenvalue weighted by atomic mass is 10.4. The van der Waals surface area contributed by atoms with Gasteiger partial charge in [0, 0.05) is 20.1 Å². The summed E-state index contributed by atoms with van der Waals surface area (Å²) in [5, 5.41) is 0. The van der Waals surface area contributed by atoms with Crippen LogP contribution < -0.4 is 0 Å². The van der Waals surface area contributed by atoms with Gasteiger partial charge in [-0.2, -0.15) is 0 Å². The monoisotopic (exact) mass is 176 g/mol. The van der Waals surface area contributed by atoms with Crippen LogP contribution in [0, 0.1) is 0 Å². The number of hydrogen-bond acceptors (Lipinski definition) is 2. The van der Waals surface area contributed by atoms with Crippen molar-refractivity contribution in [3.63, 3.8) is 0 Å². The normalized spacial score (nSPS) is 7.17. The molecule has 12 heavy (non-hydrogen) atoms. The molecule has 0 bridgehead atoms. The van der Waals surface area contributed by atoms with Crippen molar-refractivity contribution in [2.45, 2.75) is 47.5 Å². The molecule has 2 heteroatoms. The van der Waals surface area contributed by atoms with Gasteiger partial charge in [-0.25, -0.2) is 0 Å². The lowest BCUT2D eigenvalue weighted by Crippen LogP contribution is -1.80. The number of carbonyl (C=O) groups is 1. The molecule has 0 amide bonds. The summed E-state index contributed by atoms with van der Waals surface area (Å²) >= 11 is 0. The second-order valence-corrected chi connectivity index (χ2v) is 2.34. The molecular weight excluding hydrogens is 152 g/mol. The van der Waals surface area contributed by atoms with Crippen LogP contribution in [0.15, 0.2) is 0 Å². The highest BCUT2D eigenvalue weighted by Gasteiger charge is 1.76. The quantitative estimate of drug-likeness (QED) is 0.646.